The summed E-state index contributed by atoms with van der Waals surface area (Å²) in [6.07, 6.45) is 5.42. The third-order valence-corrected chi connectivity index (χ3v) is 5.48. The van der Waals surface area contributed by atoms with Crippen LogP contribution in [0, 0.1) is 13.8 Å². The van der Waals surface area contributed by atoms with Gasteiger partial charge >= 0.3 is 5.96 Å². The van der Waals surface area contributed by atoms with Gasteiger partial charge in [0.05, 0.1) is 25.2 Å². The molecule has 0 bridgehead atoms. The second kappa shape index (κ2) is 7.29. The molecule has 0 spiro atoms. The molecule has 3 atom stereocenters. The van der Waals surface area contributed by atoms with E-state index in [0.29, 0.717) is 23.9 Å². The lowest BCUT2D eigenvalue weighted by Crippen LogP contribution is -2.55. The average molecular weight is 352 g/mol. The SMILES string of the molecule is COc1c(C)c[n+](C2=NC3CCC(OC)CC3N2)c(CSO)c1C. The van der Waals surface area contributed by atoms with Gasteiger partial charge in [-0.05, 0) is 38.7 Å². The highest BCUT2D eigenvalue weighted by atomic mass is 32.2. The summed E-state index contributed by atoms with van der Waals surface area (Å²) in [7, 11) is 3.46. The van der Waals surface area contributed by atoms with Gasteiger partial charge in [-0.25, -0.2) is 4.57 Å². The number of ether oxygens (including phenoxy) is 2. The Bertz CT molecular complexity index is 650. The lowest BCUT2D eigenvalue weighted by atomic mass is 9.89. The van der Waals surface area contributed by atoms with E-state index in [2.05, 4.69) is 9.88 Å². The molecule has 1 aliphatic carbocycles. The number of fused-ring (bicyclic) bond motifs is 1. The number of aliphatic imine (C=N–C) groups is 1. The number of nitrogens with one attached hydrogen (secondary N) is 1. The number of pyridine rings is 1. The highest BCUT2D eigenvalue weighted by molar-refractivity contribution is 7.92. The normalized spacial score (nSPS) is 25.9. The average Bonchev–Trinajstić information content (AvgIpc) is 3.00. The van der Waals surface area contributed by atoms with Gasteiger partial charge in [0.25, 0.3) is 0 Å². The van der Waals surface area contributed by atoms with Gasteiger partial charge in [-0.15, -0.1) is 4.99 Å². The third-order valence-electron chi connectivity index (χ3n) is 5.08. The summed E-state index contributed by atoms with van der Waals surface area (Å²) in [6.45, 7) is 4.05. The number of methoxy groups -OCH3 is 2. The van der Waals surface area contributed by atoms with Crippen molar-refractivity contribution in [1.29, 1.82) is 0 Å². The maximum absolute atomic E-state index is 9.40. The number of hydrogen-bond donors (Lipinski definition) is 2. The van der Waals surface area contributed by atoms with E-state index in [9.17, 15) is 4.55 Å². The fraction of sp³-hybridized carbons (Fsp3) is 0.647. The Balaban J connectivity index is 1.95. The first kappa shape index (κ1) is 17.5. The van der Waals surface area contributed by atoms with E-state index in [-0.39, 0.29) is 0 Å². The summed E-state index contributed by atoms with van der Waals surface area (Å²) < 4.78 is 22.5. The highest BCUT2D eigenvalue weighted by Crippen LogP contribution is 2.28. The second-order valence-electron chi connectivity index (χ2n) is 6.50. The molecular weight excluding hydrogens is 326 g/mol. The van der Waals surface area contributed by atoms with Crippen LogP contribution in [0.5, 0.6) is 5.75 Å². The molecule has 0 saturated heterocycles. The van der Waals surface area contributed by atoms with E-state index >= 15 is 0 Å². The van der Waals surface area contributed by atoms with Crippen LogP contribution >= 0.6 is 12.0 Å². The Morgan fingerprint density at radius 1 is 1.38 bits per heavy atom. The lowest BCUT2D eigenvalue weighted by molar-refractivity contribution is -0.568. The fourth-order valence-electron chi connectivity index (χ4n) is 3.81. The number of aromatic nitrogens is 1. The first-order valence-corrected chi connectivity index (χ1v) is 9.25. The Morgan fingerprint density at radius 2 is 2.17 bits per heavy atom. The molecule has 2 heterocycles. The van der Waals surface area contributed by atoms with Gasteiger partial charge in [0, 0.05) is 24.7 Å². The Hall–Kier alpha value is -1.31. The van der Waals surface area contributed by atoms with E-state index < -0.39 is 0 Å². The Kier molecular flexibility index (Phi) is 5.32. The van der Waals surface area contributed by atoms with Gasteiger partial charge < -0.3 is 14.0 Å². The molecule has 3 rings (SSSR count). The fourth-order valence-corrected chi connectivity index (χ4v) is 4.29. The molecule has 0 radical (unpaired) electrons. The first-order valence-electron chi connectivity index (χ1n) is 8.31. The second-order valence-corrected chi connectivity index (χ2v) is 7.05. The quantitative estimate of drug-likeness (QED) is 0.641. The first-order chi connectivity index (χ1) is 11.6. The van der Waals surface area contributed by atoms with E-state index in [4.69, 9.17) is 14.5 Å². The van der Waals surface area contributed by atoms with Crippen LogP contribution in [0.1, 0.15) is 36.1 Å². The molecule has 132 valence electrons. The molecule has 2 aliphatic rings. The monoisotopic (exact) mass is 352 g/mol. The minimum atomic E-state index is 0.302. The van der Waals surface area contributed by atoms with Crippen molar-refractivity contribution in [3.8, 4) is 5.75 Å². The van der Waals surface area contributed by atoms with Crippen molar-refractivity contribution in [2.75, 3.05) is 14.2 Å². The van der Waals surface area contributed by atoms with Crippen LogP contribution in [-0.4, -0.2) is 42.9 Å². The molecule has 1 aliphatic heterocycles. The van der Waals surface area contributed by atoms with E-state index in [1.54, 1.807) is 14.2 Å². The van der Waals surface area contributed by atoms with Crippen LogP contribution in [0.3, 0.4) is 0 Å². The summed E-state index contributed by atoms with van der Waals surface area (Å²) in [5.41, 5.74) is 3.09. The van der Waals surface area contributed by atoms with Gasteiger partial charge in [-0.2, -0.15) is 0 Å². The van der Waals surface area contributed by atoms with Crippen molar-refractivity contribution < 1.29 is 18.6 Å². The smallest absolute Gasteiger partial charge is 0.391 e. The minimum absolute atomic E-state index is 0.302. The standard InChI is InChI=1S/C17H25N3O3S/c1-10-8-20(15(9-24-21)11(2)16(10)23-4)17-18-13-6-5-12(22-3)7-14(13)19-17/h8,12-14H,5-7,9H2,1-4H3,(H-,18,19,21)/p+1. The third kappa shape index (κ3) is 3.12. The van der Waals surface area contributed by atoms with Gasteiger partial charge in [0.1, 0.15) is 23.5 Å². The molecule has 7 heteroatoms. The van der Waals surface area contributed by atoms with E-state index in [1.807, 2.05) is 20.0 Å². The van der Waals surface area contributed by atoms with Crippen molar-refractivity contribution in [1.82, 2.24) is 5.32 Å². The van der Waals surface area contributed by atoms with Crippen molar-refractivity contribution in [2.45, 2.75) is 57.1 Å². The maximum atomic E-state index is 9.40. The summed E-state index contributed by atoms with van der Waals surface area (Å²) in [5, 5.41) is 3.57. The zero-order chi connectivity index (χ0) is 17.3. The molecule has 1 aromatic rings. The molecule has 0 amide bonds. The van der Waals surface area contributed by atoms with Crippen LogP contribution in [-0.2, 0) is 10.5 Å². The van der Waals surface area contributed by atoms with Crippen molar-refractivity contribution in [3.63, 3.8) is 0 Å². The zero-order valence-electron chi connectivity index (χ0n) is 14.7. The largest absolute Gasteiger partial charge is 0.496 e. The highest BCUT2D eigenvalue weighted by Gasteiger charge is 2.42. The summed E-state index contributed by atoms with van der Waals surface area (Å²) in [5.74, 6) is 2.21. The number of rotatable bonds is 4. The van der Waals surface area contributed by atoms with Gasteiger partial charge in [0.2, 0.25) is 0 Å². The number of nitrogens with zero attached hydrogens (tertiary/aromatic N) is 2. The molecule has 6 nitrogen and oxygen atoms in total. The van der Waals surface area contributed by atoms with Crippen LogP contribution in [0.4, 0.5) is 0 Å². The Labute approximate surface area is 147 Å². The van der Waals surface area contributed by atoms with Gasteiger partial charge in [-0.3, -0.25) is 5.32 Å². The predicted molar refractivity (Wildman–Crippen MR) is 94.8 cm³/mol. The molecule has 2 N–H and O–H groups in total. The number of hydrogen-bond acceptors (Lipinski definition) is 6. The number of aryl methyl sites for hydroxylation is 1. The molecule has 24 heavy (non-hydrogen) atoms. The zero-order valence-corrected chi connectivity index (χ0v) is 15.5. The van der Waals surface area contributed by atoms with Gasteiger partial charge in [0.15, 0.2) is 0 Å². The van der Waals surface area contributed by atoms with E-state index in [1.165, 1.54) is 0 Å². The predicted octanol–water partition coefficient (Wildman–Crippen LogP) is 2.05. The van der Waals surface area contributed by atoms with Crippen LogP contribution < -0.4 is 14.6 Å². The molecular formula is C17H26N3O3S+. The molecule has 1 aromatic heterocycles. The molecule has 0 aromatic carbocycles. The van der Waals surface area contributed by atoms with Crippen molar-refractivity contribution >= 4 is 18.0 Å². The van der Waals surface area contributed by atoms with Crippen molar-refractivity contribution in [3.05, 3.63) is 23.0 Å². The van der Waals surface area contributed by atoms with Crippen LogP contribution in [0.25, 0.3) is 0 Å². The summed E-state index contributed by atoms with van der Waals surface area (Å²) in [6, 6.07) is 0.625. The molecule has 1 saturated carbocycles. The maximum Gasteiger partial charge on any atom is 0.391 e. The van der Waals surface area contributed by atoms with Crippen LogP contribution in [0.15, 0.2) is 11.2 Å². The molecule has 3 unspecified atom stereocenters. The van der Waals surface area contributed by atoms with Crippen molar-refractivity contribution in [2.24, 2.45) is 4.99 Å². The van der Waals surface area contributed by atoms with E-state index in [0.717, 1.165) is 59.8 Å². The molecule has 1 fully saturated rings. The summed E-state index contributed by atoms with van der Waals surface area (Å²) >= 11 is 0.817. The van der Waals surface area contributed by atoms with Gasteiger partial charge in [-0.1, -0.05) is 0 Å². The lowest BCUT2D eigenvalue weighted by Gasteiger charge is -2.26. The minimum Gasteiger partial charge on any atom is -0.496 e. The van der Waals surface area contributed by atoms with Crippen LogP contribution in [0.2, 0.25) is 0 Å². The Morgan fingerprint density at radius 3 is 2.83 bits per heavy atom. The topological polar surface area (TPSA) is 67.0 Å². The summed E-state index contributed by atoms with van der Waals surface area (Å²) in [4.78, 5) is 4.91.